The minimum atomic E-state index is -0.558. The standard InChI is InChI=1S/C25H36O3/c1-16(26)21(25(28)20-14-17-9-10-18(13-17)15-20)11-12-24(27)23-8-4-6-19-5-2-3-7-22(19)23/h13,17,19-23H,2-12,14-15H2,1H3. The lowest BCUT2D eigenvalue weighted by molar-refractivity contribution is -0.135. The Morgan fingerprint density at radius 1 is 1.04 bits per heavy atom. The van der Waals surface area contributed by atoms with Crippen molar-refractivity contribution < 1.29 is 14.4 Å². The van der Waals surface area contributed by atoms with Crippen molar-refractivity contribution in [1.29, 1.82) is 0 Å². The van der Waals surface area contributed by atoms with E-state index in [2.05, 4.69) is 6.08 Å². The van der Waals surface area contributed by atoms with Gasteiger partial charge in [0.05, 0.1) is 5.92 Å². The van der Waals surface area contributed by atoms with Gasteiger partial charge in [-0.05, 0) is 69.6 Å². The van der Waals surface area contributed by atoms with E-state index < -0.39 is 5.92 Å². The Morgan fingerprint density at radius 2 is 1.82 bits per heavy atom. The van der Waals surface area contributed by atoms with E-state index in [1.54, 1.807) is 6.92 Å². The van der Waals surface area contributed by atoms with Crippen LogP contribution in [0.4, 0.5) is 0 Å². The number of ketones is 3. The second-order valence-electron chi connectivity index (χ2n) is 10.1. The Labute approximate surface area is 169 Å². The van der Waals surface area contributed by atoms with Crippen LogP contribution in [0.3, 0.4) is 0 Å². The maximum Gasteiger partial charge on any atom is 0.146 e. The molecule has 0 spiro atoms. The van der Waals surface area contributed by atoms with Gasteiger partial charge in [0.15, 0.2) is 0 Å². The molecule has 6 unspecified atom stereocenters. The molecule has 3 nitrogen and oxygen atoms in total. The average molecular weight is 385 g/mol. The zero-order valence-electron chi connectivity index (χ0n) is 17.5. The van der Waals surface area contributed by atoms with E-state index >= 15 is 0 Å². The van der Waals surface area contributed by atoms with Crippen LogP contribution in [0, 0.1) is 35.5 Å². The molecular weight excluding hydrogens is 348 g/mol. The highest BCUT2D eigenvalue weighted by molar-refractivity contribution is 6.03. The zero-order chi connectivity index (χ0) is 19.7. The summed E-state index contributed by atoms with van der Waals surface area (Å²) in [5, 5.41) is 0. The van der Waals surface area contributed by atoms with Gasteiger partial charge in [-0.25, -0.2) is 0 Å². The summed E-state index contributed by atoms with van der Waals surface area (Å²) in [4.78, 5) is 38.5. The molecule has 0 amide bonds. The number of hydrogen-bond donors (Lipinski definition) is 0. The molecule has 0 aromatic carbocycles. The number of rotatable bonds is 7. The number of carbonyl (C=O) groups is 3. The highest BCUT2D eigenvalue weighted by Crippen LogP contribution is 2.45. The van der Waals surface area contributed by atoms with Crippen LogP contribution in [0.5, 0.6) is 0 Å². The molecule has 2 saturated carbocycles. The van der Waals surface area contributed by atoms with Crippen LogP contribution in [-0.2, 0) is 14.4 Å². The van der Waals surface area contributed by atoms with Crippen molar-refractivity contribution in [2.75, 3.05) is 0 Å². The van der Waals surface area contributed by atoms with Crippen LogP contribution in [0.1, 0.15) is 90.4 Å². The Kier molecular flexibility index (Phi) is 6.18. The van der Waals surface area contributed by atoms with Gasteiger partial charge in [-0.1, -0.05) is 43.8 Å². The first-order chi connectivity index (χ1) is 13.5. The molecular formula is C25H36O3. The first-order valence-corrected chi connectivity index (χ1v) is 11.8. The Bertz CT molecular complexity index is 659. The van der Waals surface area contributed by atoms with Gasteiger partial charge in [-0.3, -0.25) is 14.4 Å². The van der Waals surface area contributed by atoms with Crippen molar-refractivity contribution in [2.24, 2.45) is 35.5 Å². The van der Waals surface area contributed by atoms with Crippen LogP contribution in [0.2, 0.25) is 0 Å². The molecule has 4 aliphatic carbocycles. The Balaban J connectivity index is 1.35. The minimum absolute atomic E-state index is 0.00825. The molecule has 28 heavy (non-hydrogen) atoms. The van der Waals surface area contributed by atoms with Gasteiger partial charge >= 0.3 is 0 Å². The predicted octanol–water partition coefficient (Wildman–Crippen LogP) is 5.46. The van der Waals surface area contributed by atoms with Crippen molar-refractivity contribution in [3.8, 4) is 0 Å². The van der Waals surface area contributed by atoms with Crippen LogP contribution >= 0.6 is 0 Å². The Morgan fingerprint density at radius 3 is 2.61 bits per heavy atom. The monoisotopic (exact) mass is 384 g/mol. The third-order valence-corrected chi connectivity index (χ3v) is 8.31. The largest absolute Gasteiger partial charge is 0.299 e. The third kappa shape index (κ3) is 4.19. The first kappa shape index (κ1) is 20.0. The maximum atomic E-state index is 13.1. The van der Waals surface area contributed by atoms with Gasteiger partial charge in [0, 0.05) is 18.3 Å². The topological polar surface area (TPSA) is 51.2 Å². The number of carbonyl (C=O) groups excluding carboxylic acids is 3. The van der Waals surface area contributed by atoms with E-state index in [9.17, 15) is 14.4 Å². The molecule has 0 saturated heterocycles. The van der Waals surface area contributed by atoms with Crippen molar-refractivity contribution in [2.45, 2.75) is 90.4 Å². The molecule has 0 N–H and O–H groups in total. The molecule has 4 rings (SSSR count). The fourth-order valence-corrected chi connectivity index (χ4v) is 6.85. The van der Waals surface area contributed by atoms with Gasteiger partial charge < -0.3 is 0 Å². The van der Waals surface area contributed by atoms with E-state index in [4.69, 9.17) is 0 Å². The van der Waals surface area contributed by atoms with Crippen molar-refractivity contribution in [3.63, 3.8) is 0 Å². The molecule has 0 radical (unpaired) electrons. The van der Waals surface area contributed by atoms with Gasteiger partial charge in [-0.2, -0.15) is 0 Å². The first-order valence-electron chi connectivity index (χ1n) is 11.8. The number of hydrogen-bond acceptors (Lipinski definition) is 3. The van der Waals surface area contributed by atoms with Gasteiger partial charge in [0.25, 0.3) is 0 Å². The molecule has 4 aliphatic rings. The van der Waals surface area contributed by atoms with Gasteiger partial charge in [0.1, 0.15) is 17.3 Å². The van der Waals surface area contributed by atoms with Crippen LogP contribution in [0.25, 0.3) is 0 Å². The van der Waals surface area contributed by atoms with Crippen LogP contribution in [0.15, 0.2) is 11.6 Å². The summed E-state index contributed by atoms with van der Waals surface area (Å²) in [6.45, 7) is 1.54. The summed E-state index contributed by atoms with van der Waals surface area (Å²) >= 11 is 0. The van der Waals surface area contributed by atoms with Crippen LogP contribution in [-0.4, -0.2) is 17.3 Å². The van der Waals surface area contributed by atoms with Crippen molar-refractivity contribution >= 4 is 17.3 Å². The van der Waals surface area contributed by atoms with Crippen LogP contribution < -0.4 is 0 Å². The molecule has 0 aliphatic heterocycles. The summed E-state index contributed by atoms with van der Waals surface area (Å²) < 4.78 is 0. The maximum absolute atomic E-state index is 13.1. The highest BCUT2D eigenvalue weighted by Gasteiger charge is 2.40. The average Bonchev–Trinajstić information content (AvgIpc) is 3.04. The zero-order valence-corrected chi connectivity index (χ0v) is 17.5. The highest BCUT2D eigenvalue weighted by atomic mass is 16.2. The van der Waals surface area contributed by atoms with E-state index in [-0.39, 0.29) is 23.4 Å². The minimum Gasteiger partial charge on any atom is -0.299 e. The lowest BCUT2D eigenvalue weighted by atomic mass is 9.64. The SMILES string of the molecule is CC(=O)C(CCC(=O)C1CCCC2CCCCC21)C(=O)C1CC2=CC(CC2)C1. The molecule has 154 valence electrons. The van der Waals surface area contributed by atoms with E-state index in [0.717, 1.165) is 31.6 Å². The molecule has 0 aromatic rings. The molecule has 0 aromatic heterocycles. The molecule has 2 fully saturated rings. The summed E-state index contributed by atoms with van der Waals surface area (Å²) in [5.41, 5.74) is 1.42. The summed E-state index contributed by atoms with van der Waals surface area (Å²) in [6.07, 6.45) is 15.8. The summed E-state index contributed by atoms with van der Waals surface area (Å²) in [7, 11) is 0. The van der Waals surface area contributed by atoms with Crippen molar-refractivity contribution in [1.82, 2.24) is 0 Å². The lowest BCUT2D eigenvalue weighted by Crippen LogP contribution is -2.36. The normalized spacial score (nSPS) is 35.6. The third-order valence-electron chi connectivity index (χ3n) is 8.31. The second-order valence-corrected chi connectivity index (χ2v) is 10.1. The predicted molar refractivity (Wildman–Crippen MR) is 110 cm³/mol. The molecule has 2 bridgehead atoms. The molecule has 0 heterocycles. The van der Waals surface area contributed by atoms with E-state index in [1.807, 2.05) is 0 Å². The lowest BCUT2D eigenvalue weighted by Gasteiger charge is -2.40. The van der Waals surface area contributed by atoms with E-state index in [0.29, 0.717) is 30.5 Å². The van der Waals surface area contributed by atoms with E-state index in [1.165, 1.54) is 50.5 Å². The van der Waals surface area contributed by atoms with Gasteiger partial charge in [-0.15, -0.1) is 0 Å². The summed E-state index contributed by atoms with van der Waals surface area (Å²) in [6, 6.07) is 0. The fourth-order valence-electron chi connectivity index (χ4n) is 6.85. The quantitative estimate of drug-likeness (QED) is 0.432. The van der Waals surface area contributed by atoms with Gasteiger partial charge in [0.2, 0.25) is 0 Å². The number of fused-ring (bicyclic) bond motifs is 2. The van der Waals surface area contributed by atoms with Crippen molar-refractivity contribution in [3.05, 3.63) is 11.6 Å². The molecule has 6 atom stereocenters. The number of Topliss-reactive ketones (excluding diaryl/α,β-unsaturated/α-hetero) is 3. The smallest absolute Gasteiger partial charge is 0.146 e. The summed E-state index contributed by atoms with van der Waals surface area (Å²) in [5.74, 6) is 1.92. The Hall–Kier alpha value is -1.25. The molecule has 3 heteroatoms. The second kappa shape index (κ2) is 8.63. The number of allylic oxidation sites excluding steroid dienone is 2. The fraction of sp³-hybridized carbons (Fsp3) is 0.800.